The number of aliphatic imine (C=N–C) groups is 1. The normalized spacial score (nSPS) is 15.1. The van der Waals surface area contributed by atoms with Gasteiger partial charge < -0.3 is 19.7 Å². The molecule has 0 unspecified atom stereocenters. The molecule has 0 aromatic carbocycles. The molecule has 8 nitrogen and oxygen atoms in total. The Labute approximate surface area is 164 Å². The van der Waals surface area contributed by atoms with E-state index in [-0.39, 0.29) is 0 Å². The first kappa shape index (κ1) is 19.2. The molecule has 0 saturated carbocycles. The maximum Gasteiger partial charge on any atom is 0.194 e. The van der Waals surface area contributed by atoms with Crippen LogP contribution in [-0.2, 0) is 13.6 Å². The van der Waals surface area contributed by atoms with E-state index in [9.17, 15) is 0 Å². The summed E-state index contributed by atoms with van der Waals surface area (Å²) in [5.41, 5.74) is 1.03. The number of piperazine rings is 1. The summed E-state index contributed by atoms with van der Waals surface area (Å²) in [5, 5.41) is 12.3. The van der Waals surface area contributed by atoms with Gasteiger partial charge >= 0.3 is 0 Å². The fraction of sp³-hybridized carbons (Fsp3) is 0.444. The van der Waals surface area contributed by atoms with Crippen molar-refractivity contribution >= 4 is 23.2 Å². The number of anilines is 1. The molecule has 0 amide bonds. The SMILES string of the molecule is C=CCNC(=NCc1nnc(C)n1C)N1CCN(c2ccncc2Cl)CC1. The number of halogens is 1. The lowest BCUT2D eigenvalue weighted by molar-refractivity contribution is 0.373. The highest BCUT2D eigenvalue weighted by molar-refractivity contribution is 6.33. The van der Waals surface area contributed by atoms with Crippen LogP contribution in [0.2, 0.25) is 5.02 Å². The zero-order chi connectivity index (χ0) is 19.2. The Balaban J connectivity index is 1.67. The molecule has 1 fully saturated rings. The molecule has 0 aliphatic carbocycles. The van der Waals surface area contributed by atoms with Crippen molar-refractivity contribution in [2.45, 2.75) is 13.5 Å². The molecule has 1 aliphatic heterocycles. The fourth-order valence-electron chi connectivity index (χ4n) is 2.95. The Kier molecular flexibility index (Phi) is 6.28. The molecule has 2 aromatic heterocycles. The zero-order valence-corrected chi connectivity index (χ0v) is 16.5. The molecular weight excluding hydrogens is 364 g/mol. The van der Waals surface area contributed by atoms with Crippen LogP contribution in [0.5, 0.6) is 0 Å². The minimum Gasteiger partial charge on any atom is -0.367 e. The summed E-state index contributed by atoms with van der Waals surface area (Å²) < 4.78 is 1.96. The lowest BCUT2D eigenvalue weighted by Gasteiger charge is -2.38. The van der Waals surface area contributed by atoms with Crippen LogP contribution in [0.3, 0.4) is 0 Å². The molecule has 144 valence electrons. The van der Waals surface area contributed by atoms with Gasteiger partial charge in [0.15, 0.2) is 11.8 Å². The first-order valence-corrected chi connectivity index (χ1v) is 9.31. The van der Waals surface area contributed by atoms with E-state index in [1.165, 1.54) is 0 Å². The second-order valence-electron chi connectivity index (χ2n) is 6.33. The van der Waals surface area contributed by atoms with Crippen LogP contribution in [0.25, 0.3) is 0 Å². The number of nitrogens with zero attached hydrogens (tertiary/aromatic N) is 7. The number of aryl methyl sites for hydroxylation is 1. The Morgan fingerprint density at radius 3 is 2.74 bits per heavy atom. The second kappa shape index (κ2) is 8.85. The van der Waals surface area contributed by atoms with Crippen LogP contribution in [0.1, 0.15) is 11.6 Å². The van der Waals surface area contributed by atoms with Gasteiger partial charge in [-0.1, -0.05) is 17.7 Å². The van der Waals surface area contributed by atoms with Crippen molar-refractivity contribution in [2.75, 3.05) is 37.6 Å². The van der Waals surface area contributed by atoms with E-state index >= 15 is 0 Å². The molecule has 0 spiro atoms. The van der Waals surface area contributed by atoms with Gasteiger partial charge in [0.05, 0.1) is 10.7 Å². The van der Waals surface area contributed by atoms with Crippen molar-refractivity contribution in [3.05, 3.63) is 47.8 Å². The third-order valence-corrected chi connectivity index (χ3v) is 4.92. The summed E-state index contributed by atoms with van der Waals surface area (Å²) in [6.45, 7) is 10.3. The van der Waals surface area contributed by atoms with Crippen molar-refractivity contribution in [3.63, 3.8) is 0 Å². The molecule has 0 radical (unpaired) electrons. The van der Waals surface area contributed by atoms with Gasteiger partial charge in [-0.25, -0.2) is 4.99 Å². The summed E-state index contributed by atoms with van der Waals surface area (Å²) in [5.74, 6) is 2.58. The smallest absolute Gasteiger partial charge is 0.194 e. The van der Waals surface area contributed by atoms with Gasteiger partial charge in [-0.15, -0.1) is 16.8 Å². The minimum atomic E-state index is 0.479. The Morgan fingerprint density at radius 2 is 2.11 bits per heavy atom. The fourth-order valence-corrected chi connectivity index (χ4v) is 3.19. The molecule has 1 aliphatic rings. The third kappa shape index (κ3) is 4.57. The van der Waals surface area contributed by atoms with E-state index in [2.05, 4.69) is 36.9 Å². The first-order chi connectivity index (χ1) is 13.1. The standard InChI is InChI=1S/C18H25ClN8/c1-4-6-21-18(22-13-17-24-23-14(2)25(17)3)27-10-8-26(9-11-27)16-5-7-20-12-15(16)19/h4-5,7,12H,1,6,8-11,13H2,2-3H3,(H,21,22). The van der Waals surface area contributed by atoms with E-state index in [4.69, 9.17) is 16.6 Å². The van der Waals surface area contributed by atoms with Crippen molar-refractivity contribution in [2.24, 2.45) is 12.0 Å². The maximum absolute atomic E-state index is 6.28. The van der Waals surface area contributed by atoms with E-state index in [0.717, 1.165) is 49.5 Å². The first-order valence-electron chi connectivity index (χ1n) is 8.93. The topological polar surface area (TPSA) is 74.5 Å². The number of nitrogens with one attached hydrogen (secondary N) is 1. The number of guanidine groups is 1. The molecule has 0 bridgehead atoms. The molecule has 1 N–H and O–H groups in total. The van der Waals surface area contributed by atoms with Gasteiger partial charge in [-0.3, -0.25) is 4.98 Å². The van der Waals surface area contributed by atoms with E-state index in [0.29, 0.717) is 18.1 Å². The number of aromatic nitrogens is 4. The summed E-state index contributed by atoms with van der Waals surface area (Å²) >= 11 is 6.28. The number of rotatable bonds is 5. The van der Waals surface area contributed by atoms with E-state index in [1.807, 2.05) is 30.7 Å². The highest BCUT2D eigenvalue weighted by atomic mass is 35.5. The van der Waals surface area contributed by atoms with Crippen LogP contribution in [-0.4, -0.2) is 63.3 Å². The van der Waals surface area contributed by atoms with E-state index < -0.39 is 0 Å². The second-order valence-corrected chi connectivity index (χ2v) is 6.74. The van der Waals surface area contributed by atoms with Gasteiger partial charge in [0, 0.05) is 52.2 Å². The van der Waals surface area contributed by atoms with Gasteiger partial charge in [-0.2, -0.15) is 0 Å². The van der Waals surface area contributed by atoms with Crippen LogP contribution in [0.4, 0.5) is 5.69 Å². The predicted octanol–water partition coefficient (Wildman–Crippen LogP) is 1.63. The highest BCUT2D eigenvalue weighted by Crippen LogP contribution is 2.25. The molecule has 0 atom stereocenters. The van der Waals surface area contributed by atoms with Gasteiger partial charge in [0.25, 0.3) is 0 Å². The van der Waals surface area contributed by atoms with E-state index in [1.54, 1.807) is 12.4 Å². The minimum absolute atomic E-state index is 0.479. The number of hydrogen-bond donors (Lipinski definition) is 1. The van der Waals surface area contributed by atoms with Crippen LogP contribution < -0.4 is 10.2 Å². The summed E-state index contributed by atoms with van der Waals surface area (Å²) in [6, 6.07) is 1.96. The number of pyridine rings is 1. The molecule has 1 saturated heterocycles. The maximum atomic E-state index is 6.28. The Hall–Kier alpha value is -2.61. The molecular formula is C18H25ClN8. The van der Waals surface area contributed by atoms with Crippen LogP contribution in [0.15, 0.2) is 36.1 Å². The molecule has 9 heteroatoms. The van der Waals surface area contributed by atoms with Gasteiger partial charge in [0.2, 0.25) is 0 Å². The van der Waals surface area contributed by atoms with Gasteiger partial charge in [-0.05, 0) is 13.0 Å². The zero-order valence-electron chi connectivity index (χ0n) is 15.8. The predicted molar refractivity (Wildman–Crippen MR) is 108 cm³/mol. The highest BCUT2D eigenvalue weighted by Gasteiger charge is 2.21. The quantitative estimate of drug-likeness (QED) is 0.476. The Morgan fingerprint density at radius 1 is 1.33 bits per heavy atom. The van der Waals surface area contributed by atoms with Crippen molar-refractivity contribution in [3.8, 4) is 0 Å². The summed E-state index contributed by atoms with van der Waals surface area (Å²) in [7, 11) is 1.95. The number of hydrogen-bond acceptors (Lipinski definition) is 5. The lowest BCUT2D eigenvalue weighted by atomic mass is 10.2. The molecule has 27 heavy (non-hydrogen) atoms. The van der Waals surface area contributed by atoms with Gasteiger partial charge in [0.1, 0.15) is 12.4 Å². The van der Waals surface area contributed by atoms with Crippen molar-refractivity contribution in [1.82, 2.24) is 30.0 Å². The van der Waals surface area contributed by atoms with Crippen molar-refractivity contribution in [1.29, 1.82) is 0 Å². The largest absolute Gasteiger partial charge is 0.367 e. The monoisotopic (exact) mass is 388 g/mol. The summed E-state index contributed by atoms with van der Waals surface area (Å²) in [6.07, 6.45) is 5.29. The molecule has 3 rings (SSSR count). The molecule has 3 heterocycles. The van der Waals surface area contributed by atoms with Crippen LogP contribution in [0, 0.1) is 6.92 Å². The lowest BCUT2D eigenvalue weighted by Crippen LogP contribution is -2.52. The van der Waals surface area contributed by atoms with Crippen molar-refractivity contribution < 1.29 is 0 Å². The third-order valence-electron chi connectivity index (χ3n) is 4.63. The van der Waals surface area contributed by atoms with Crippen LogP contribution >= 0.6 is 11.6 Å². The Bertz CT molecular complexity index is 807. The summed E-state index contributed by atoms with van der Waals surface area (Å²) in [4.78, 5) is 13.3. The molecule has 2 aromatic rings. The average Bonchev–Trinajstić information content (AvgIpc) is 3.01. The average molecular weight is 389 g/mol.